The van der Waals surface area contributed by atoms with Crippen LogP contribution in [0.5, 0.6) is 0 Å². The van der Waals surface area contributed by atoms with Gasteiger partial charge in [0.2, 0.25) is 5.91 Å². The first-order valence-electron chi connectivity index (χ1n) is 5.42. The molecule has 2 aliphatic rings. The molecular weight excluding hydrogens is 226 g/mol. The van der Waals surface area contributed by atoms with E-state index in [0.29, 0.717) is 17.4 Å². The second kappa shape index (κ2) is 3.35. The van der Waals surface area contributed by atoms with Gasteiger partial charge in [-0.3, -0.25) is 4.79 Å². The zero-order chi connectivity index (χ0) is 11.2. The first-order chi connectivity index (χ1) is 7.67. The first kappa shape index (κ1) is 9.90. The molecule has 2 N–H and O–H groups in total. The van der Waals surface area contributed by atoms with E-state index in [-0.39, 0.29) is 11.4 Å². The zero-order valence-corrected chi connectivity index (χ0v) is 9.47. The molecule has 0 aromatic carbocycles. The fourth-order valence-electron chi connectivity index (χ4n) is 2.33. The van der Waals surface area contributed by atoms with Gasteiger partial charge in [-0.1, -0.05) is 11.6 Å². The van der Waals surface area contributed by atoms with E-state index in [2.05, 4.69) is 15.6 Å². The molecule has 0 unspecified atom stereocenters. The molecule has 1 fully saturated rings. The Bertz CT molecular complexity index is 457. The van der Waals surface area contributed by atoms with Gasteiger partial charge >= 0.3 is 0 Å². The molecule has 0 saturated heterocycles. The van der Waals surface area contributed by atoms with Crippen LogP contribution in [-0.2, 0) is 4.79 Å². The first-order valence-corrected chi connectivity index (χ1v) is 5.79. The van der Waals surface area contributed by atoms with E-state index in [9.17, 15) is 4.79 Å². The number of aromatic nitrogens is 1. The third-order valence-electron chi connectivity index (χ3n) is 3.33. The number of nitrogens with zero attached hydrogens (tertiary/aromatic N) is 1. The van der Waals surface area contributed by atoms with Crippen LogP contribution in [0.2, 0.25) is 5.15 Å². The molecule has 1 aliphatic heterocycles. The number of hydrogen-bond donors (Lipinski definition) is 2. The van der Waals surface area contributed by atoms with Gasteiger partial charge in [-0.15, -0.1) is 0 Å². The summed E-state index contributed by atoms with van der Waals surface area (Å²) in [5, 5.41) is 6.66. The van der Waals surface area contributed by atoms with Crippen LogP contribution >= 0.6 is 11.6 Å². The van der Waals surface area contributed by atoms with Crippen LogP contribution in [0.3, 0.4) is 0 Å². The minimum Gasteiger partial charge on any atom is -0.362 e. The molecule has 3 rings (SSSR count). The Balaban J connectivity index is 2.02. The van der Waals surface area contributed by atoms with E-state index in [4.69, 9.17) is 11.6 Å². The molecule has 2 heterocycles. The Kier molecular flexibility index (Phi) is 2.07. The highest BCUT2D eigenvalue weighted by molar-refractivity contribution is 6.29. The number of fused-ring (bicyclic) bond motifs is 1. The maximum atomic E-state index is 11.7. The van der Waals surface area contributed by atoms with Crippen LogP contribution in [0, 0.1) is 0 Å². The topological polar surface area (TPSA) is 54.0 Å². The summed E-state index contributed by atoms with van der Waals surface area (Å²) in [5.41, 5.74) is 0.630. The maximum Gasteiger partial charge on any atom is 0.226 e. The van der Waals surface area contributed by atoms with E-state index in [1.807, 2.05) is 0 Å². The Morgan fingerprint density at radius 1 is 1.38 bits per heavy atom. The molecule has 4 nitrogen and oxygen atoms in total. The number of carbonyl (C=O) groups is 1. The summed E-state index contributed by atoms with van der Waals surface area (Å²) >= 11 is 5.86. The standard InChI is InChI=1S/C11H12ClN3O/c12-8-3-2-7-10(14-8)15-11(4-1-5-11)6-9(16)13-7/h2-3H,1,4-6H2,(H,13,16)(H,14,15). The average molecular weight is 238 g/mol. The largest absolute Gasteiger partial charge is 0.362 e. The van der Waals surface area contributed by atoms with Crippen LogP contribution in [0.1, 0.15) is 25.7 Å². The number of nitrogens with one attached hydrogen (secondary N) is 2. The average Bonchev–Trinajstić information content (AvgIpc) is 2.32. The number of rotatable bonds is 0. The SMILES string of the molecule is O=C1CC2(CCC2)Nc2nc(Cl)ccc2N1. The van der Waals surface area contributed by atoms with Crippen molar-refractivity contribution < 1.29 is 4.79 Å². The maximum absolute atomic E-state index is 11.7. The van der Waals surface area contributed by atoms with Crippen molar-refractivity contribution in [2.75, 3.05) is 10.6 Å². The van der Waals surface area contributed by atoms with Crippen molar-refractivity contribution in [1.82, 2.24) is 4.98 Å². The van der Waals surface area contributed by atoms with Crippen LogP contribution in [0.4, 0.5) is 11.5 Å². The van der Waals surface area contributed by atoms with Gasteiger partial charge in [0.25, 0.3) is 0 Å². The zero-order valence-electron chi connectivity index (χ0n) is 8.72. The lowest BCUT2D eigenvalue weighted by Crippen LogP contribution is -2.46. The van der Waals surface area contributed by atoms with Crippen molar-refractivity contribution in [2.45, 2.75) is 31.2 Å². The van der Waals surface area contributed by atoms with E-state index >= 15 is 0 Å². The minimum atomic E-state index is -0.0903. The van der Waals surface area contributed by atoms with Gasteiger partial charge < -0.3 is 10.6 Å². The lowest BCUT2D eigenvalue weighted by Gasteiger charge is -2.41. The third kappa shape index (κ3) is 1.53. The Hall–Kier alpha value is -1.29. The molecule has 84 valence electrons. The fourth-order valence-corrected chi connectivity index (χ4v) is 2.48. The monoisotopic (exact) mass is 237 g/mol. The molecule has 1 amide bonds. The number of carbonyl (C=O) groups excluding carboxylic acids is 1. The minimum absolute atomic E-state index is 0.0510. The Labute approximate surface area is 98.4 Å². The molecule has 0 bridgehead atoms. The van der Waals surface area contributed by atoms with Crippen molar-refractivity contribution in [3.8, 4) is 0 Å². The number of anilines is 2. The van der Waals surface area contributed by atoms with Crippen LogP contribution in [0.25, 0.3) is 0 Å². The molecule has 1 spiro atoms. The Morgan fingerprint density at radius 3 is 2.88 bits per heavy atom. The smallest absolute Gasteiger partial charge is 0.226 e. The number of halogens is 1. The van der Waals surface area contributed by atoms with E-state index in [1.54, 1.807) is 12.1 Å². The second-order valence-electron chi connectivity index (χ2n) is 4.51. The molecule has 5 heteroatoms. The summed E-state index contributed by atoms with van der Waals surface area (Å²) < 4.78 is 0. The number of hydrogen-bond acceptors (Lipinski definition) is 3. The third-order valence-corrected chi connectivity index (χ3v) is 3.54. The van der Waals surface area contributed by atoms with Crippen LogP contribution in [-0.4, -0.2) is 16.4 Å². The molecule has 1 aromatic rings. The lowest BCUT2D eigenvalue weighted by atomic mass is 9.74. The van der Waals surface area contributed by atoms with E-state index < -0.39 is 0 Å². The summed E-state index contributed by atoms with van der Waals surface area (Å²) in [5.74, 6) is 0.744. The van der Waals surface area contributed by atoms with Gasteiger partial charge in [0, 0.05) is 12.0 Å². The van der Waals surface area contributed by atoms with Crippen molar-refractivity contribution in [3.05, 3.63) is 17.3 Å². The summed E-state index contributed by atoms with van der Waals surface area (Å²) in [7, 11) is 0. The quantitative estimate of drug-likeness (QED) is 0.682. The second-order valence-corrected chi connectivity index (χ2v) is 4.90. The summed E-state index contributed by atoms with van der Waals surface area (Å²) in [6.45, 7) is 0. The summed E-state index contributed by atoms with van der Waals surface area (Å²) in [6.07, 6.45) is 3.72. The van der Waals surface area contributed by atoms with Gasteiger partial charge in [0.15, 0.2) is 5.82 Å². The molecule has 1 saturated carbocycles. The highest BCUT2D eigenvalue weighted by Gasteiger charge is 2.41. The van der Waals surface area contributed by atoms with Gasteiger partial charge in [0.1, 0.15) is 5.15 Å². The van der Waals surface area contributed by atoms with E-state index in [1.165, 1.54) is 0 Å². The summed E-state index contributed by atoms with van der Waals surface area (Å²) in [6, 6.07) is 3.47. The van der Waals surface area contributed by atoms with Gasteiger partial charge in [-0.05, 0) is 31.4 Å². The van der Waals surface area contributed by atoms with Gasteiger partial charge in [0.05, 0.1) is 5.69 Å². The molecule has 1 aromatic heterocycles. The van der Waals surface area contributed by atoms with Crippen molar-refractivity contribution in [3.63, 3.8) is 0 Å². The fraction of sp³-hybridized carbons (Fsp3) is 0.455. The molecule has 0 atom stereocenters. The predicted octanol–water partition coefficient (Wildman–Crippen LogP) is 2.41. The molecular formula is C11H12ClN3O. The Morgan fingerprint density at radius 2 is 2.19 bits per heavy atom. The predicted molar refractivity (Wildman–Crippen MR) is 62.7 cm³/mol. The molecule has 1 aliphatic carbocycles. The number of pyridine rings is 1. The van der Waals surface area contributed by atoms with Crippen molar-refractivity contribution in [2.24, 2.45) is 0 Å². The molecule has 16 heavy (non-hydrogen) atoms. The number of amides is 1. The lowest BCUT2D eigenvalue weighted by molar-refractivity contribution is -0.117. The molecule has 0 radical (unpaired) electrons. The highest BCUT2D eigenvalue weighted by atomic mass is 35.5. The van der Waals surface area contributed by atoms with E-state index in [0.717, 1.165) is 24.9 Å². The normalized spacial score (nSPS) is 21.4. The van der Waals surface area contributed by atoms with Crippen molar-refractivity contribution in [1.29, 1.82) is 0 Å². The van der Waals surface area contributed by atoms with Gasteiger partial charge in [-0.2, -0.15) is 0 Å². The highest BCUT2D eigenvalue weighted by Crippen LogP contribution is 2.41. The van der Waals surface area contributed by atoms with Crippen molar-refractivity contribution >= 4 is 29.0 Å². The van der Waals surface area contributed by atoms with Crippen LogP contribution in [0.15, 0.2) is 12.1 Å². The summed E-state index contributed by atoms with van der Waals surface area (Å²) in [4.78, 5) is 16.0. The van der Waals surface area contributed by atoms with Gasteiger partial charge in [-0.25, -0.2) is 4.98 Å². The van der Waals surface area contributed by atoms with Crippen LogP contribution < -0.4 is 10.6 Å².